The summed E-state index contributed by atoms with van der Waals surface area (Å²) >= 11 is 0. The smallest absolute Gasteiger partial charge is 0.306 e. The zero-order chi connectivity index (χ0) is 49.0. The molecule has 0 aromatic carbocycles. The number of carbonyl (C=O) groups is 1. The van der Waals surface area contributed by atoms with Gasteiger partial charge in [0.1, 0.15) is 19.3 Å². The van der Waals surface area contributed by atoms with Gasteiger partial charge in [-0.1, -0.05) is 215 Å². The number of quaternary nitrogens is 1. The number of allylic oxidation sites excluding steroid dienone is 12. The minimum Gasteiger partial charge on any atom is -0.756 e. The SMILES string of the molecule is CC/C=C\C/C=C\C/C=C\C/C=C\C/C=C\CCCCCCCCCCCC(=O)OC(COCCCCCCCCCCCC/C=C\CCCCCCCC)COP(=O)([O-])OCC[N+](C)(C)C. The highest BCUT2D eigenvalue weighted by molar-refractivity contribution is 7.45. The maximum atomic E-state index is 12.8. The van der Waals surface area contributed by atoms with E-state index < -0.39 is 13.9 Å². The molecule has 0 aliphatic rings. The van der Waals surface area contributed by atoms with E-state index in [0.717, 1.165) is 70.6 Å². The summed E-state index contributed by atoms with van der Waals surface area (Å²) < 4.78 is 34.8. The Kier molecular flexibility index (Phi) is 48.8. The van der Waals surface area contributed by atoms with E-state index in [2.05, 4.69) is 86.8 Å². The van der Waals surface area contributed by atoms with Gasteiger partial charge in [0.25, 0.3) is 7.82 Å². The van der Waals surface area contributed by atoms with Crippen LogP contribution in [0.2, 0.25) is 0 Å². The number of hydrogen-bond donors (Lipinski definition) is 0. The molecule has 0 N–H and O–H groups in total. The Morgan fingerprint density at radius 1 is 0.478 bits per heavy atom. The van der Waals surface area contributed by atoms with Crippen molar-refractivity contribution in [3.8, 4) is 0 Å². The highest BCUT2D eigenvalue weighted by Gasteiger charge is 2.20. The molecule has 0 rings (SSSR count). The second-order valence-electron chi connectivity index (χ2n) is 19.6. The Balaban J connectivity index is 4.12. The summed E-state index contributed by atoms with van der Waals surface area (Å²) in [7, 11) is 1.35. The average Bonchev–Trinajstić information content (AvgIpc) is 3.29. The number of esters is 1. The Labute approximate surface area is 414 Å². The van der Waals surface area contributed by atoms with Crippen LogP contribution in [-0.4, -0.2) is 70.7 Å². The summed E-state index contributed by atoms with van der Waals surface area (Å²) in [6.45, 7) is 5.30. The number of nitrogens with zero attached hydrogens (tertiary/aromatic N) is 1. The minimum absolute atomic E-state index is 0.0221. The summed E-state index contributed by atoms with van der Waals surface area (Å²) in [4.78, 5) is 25.2. The van der Waals surface area contributed by atoms with Crippen LogP contribution in [0.3, 0.4) is 0 Å². The Morgan fingerprint density at radius 2 is 0.866 bits per heavy atom. The van der Waals surface area contributed by atoms with Gasteiger partial charge in [-0.25, -0.2) is 0 Å². The number of hydrogen-bond acceptors (Lipinski definition) is 7. The standard InChI is InChI=1S/C58H106NO7P/c1-6-8-10-12-14-16-18-20-22-24-26-28-29-30-31-32-33-35-37-39-41-43-45-47-49-51-58(60)66-57(56-65-67(61,62)64-54-52-59(3,4)5)55-63-53-50-48-46-44-42-40-38-36-34-27-25-23-21-19-17-15-13-11-9-7-2/h8,10,14,16,20-23,26,28,30-31,57H,6-7,9,11-13,15,17-19,24-25,27,29,32-56H2,1-5H3/b10-8-,16-14-,22-20-,23-21-,28-26-,31-30-. The molecular weight excluding hydrogens is 854 g/mol. The molecule has 9 heteroatoms. The first-order valence-corrected chi connectivity index (χ1v) is 29.1. The molecule has 0 radical (unpaired) electrons. The molecule has 0 saturated heterocycles. The van der Waals surface area contributed by atoms with Crippen LogP contribution >= 0.6 is 7.82 Å². The third-order valence-corrected chi connectivity index (χ3v) is 12.7. The molecular formula is C58H106NO7P. The zero-order valence-corrected chi connectivity index (χ0v) is 45.2. The van der Waals surface area contributed by atoms with Crippen LogP contribution in [0.1, 0.15) is 232 Å². The van der Waals surface area contributed by atoms with E-state index in [-0.39, 0.29) is 25.8 Å². The molecule has 0 saturated carbocycles. The van der Waals surface area contributed by atoms with Gasteiger partial charge in [-0.05, 0) is 83.5 Å². The highest BCUT2D eigenvalue weighted by Crippen LogP contribution is 2.38. The molecule has 0 heterocycles. The molecule has 0 aromatic heterocycles. The Hall–Kier alpha value is -2.06. The Bertz CT molecular complexity index is 1300. The van der Waals surface area contributed by atoms with Crippen LogP contribution in [0.5, 0.6) is 0 Å². The largest absolute Gasteiger partial charge is 0.756 e. The first-order chi connectivity index (χ1) is 32.6. The zero-order valence-electron chi connectivity index (χ0n) is 44.3. The van der Waals surface area contributed by atoms with Crippen LogP contribution < -0.4 is 4.89 Å². The van der Waals surface area contributed by atoms with Crippen molar-refractivity contribution in [2.75, 3.05) is 54.1 Å². The predicted octanol–water partition coefficient (Wildman–Crippen LogP) is 16.8. The van der Waals surface area contributed by atoms with Crippen LogP contribution in [0.25, 0.3) is 0 Å². The molecule has 67 heavy (non-hydrogen) atoms. The fourth-order valence-electron chi connectivity index (χ4n) is 7.51. The first kappa shape index (κ1) is 64.9. The fraction of sp³-hybridized carbons (Fsp3) is 0.776. The van der Waals surface area contributed by atoms with E-state index in [9.17, 15) is 14.3 Å². The fourth-order valence-corrected chi connectivity index (χ4v) is 8.24. The third-order valence-electron chi connectivity index (χ3n) is 11.7. The number of phosphoric acid groups is 1. The van der Waals surface area contributed by atoms with Crippen LogP contribution in [0.15, 0.2) is 72.9 Å². The van der Waals surface area contributed by atoms with Crippen molar-refractivity contribution >= 4 is 13.8 Å². The van der Waals surface area contributed by atoms with Crippen molar-refractivity contribution in [3.05, 3.63) is 72.9 Å². The van der Waals surface area contributed by atoms with Gasteiger partial charge in [-0.3, -0.25) is 9.36 Å². The lowest BCUT2D eigenvalue weighted by atomic mass is 10.1. The van der Waals surface area contributed by atoms with Crippen molar-refractivity contribution in [2.24, 2.45) is 0 Å². The van der Waals surface area contributed by atoms with Crippen molar-refractivity contribution < 1.29 is 37.3 Å². The predicted molar refractivity (Wildman–Crippen MR) is 286 cm³/mol. The van der Waals surface area contributed by atoms with Crippen molar-refractivity contribution in [3.63, 3.8) is 0 Å². The number of ether oxygens (including phenoxy) is 2. The summed E-state index contributed by atoms with van der Waals surface area (Å²) in [6, 6.07) is 0. The van der Waals surface area contributed by atoms with E-state index >= 15 is 0 Å². The number of rotatable bonds is 51. The molecule has 2 atom stereocenters. The first-order valence-electron chi connectivity index (χ1n) is 27.7. The van der Waals surface area contributed by atoms with Crippen LogP contribution in [-0.2, 0) is 27.9 Å². The lowest BCUT2D eigenvalue weighted by Gasteiger charge is -2.28. The second-order valence-corrected chi connectivity index (χ2v) is 21.0. The molecule has 0 aromatic rings. The normalized spacial score (nSPS) is 14.1. The molecule has 0 aliphatic heterocycles. The molecule has 0 spiro atoms. The summed E-state index contributed by atoms with van der Waals surface area (Å²) in [5, 5.41) is 0. The van der Waals surface area contributed by atoms with Gasteiger partial charge in [0.15, 0.2) is 0 Å². The van der Waals surface area contributed by atoms with Gasteiger partial charge in [0, 0.05) is 13.0 Å². The molecule has 0 amide bonds. The van der Waals surface area contributed by atoms with E-state index in [1.807, 2.05) is 21.1 Å². The van der Waals surface area contributed by atoms with Gasteiger partial charge in [0.2, 0.25) is 0 Å². The summed E-state index contributed by atoms with van der Waals surface area (Å²) in [5.74, 6) is -0.341. The molecule has 0 bridgehead atoms. The van der Waals surface area contributed by atoms with Gasteiger partial charge in [-0.15, -0.1) is 0 Å². The lowest BCUT2D eigenvalue weighted by molar-refractivity contribution is -0.870. The van der Waals surface area contributed by atoms with E-state index in [0.29, 0.717) is 24.1 Å². The van der Waals surface area contributed by atoms with Gasteiger partial charge < -0.3 is 27.9 Å². The topological polar surface area (TPSA) is 94.1 Å². The van der Waals surface area contributed by atoms with Crippen LogP contribution in [0.4, 0.5) is 0 Å². The number of likely N-dealkylation sites (N-methyl/N-ethyl adjacent to an activating group) is 1. The summed E-state index contributed by atoms with van der Waals surface area (Å²) in [6.07, 6.45) is 66.4. The van der Waals surface area contributed by atoms with Crippen molar-refractivity contribution in [1.29, 1.82) is 0 Å². The number of carbonyl (C=O) groups excluding carboxylic acids is 1. The maximum absolute atomic E-state index is 12.8. The van der Waals surface area contributed by atoms with E-state index in [1.165, 1.54) is 141 Å². The Morgan fingerprint density at radius 3 is 1.31 bits per heavy atom. The third kappa shape index (κ3) is 54.7. The minimum atomic E-state index is -4.54. The maximum Gasteiger partial charge on any atom is 0.306 e. The number of unbranched alkanes of at least 4 members (excludes halogenated alkanes) is 25. The van der Waals surface area contributed by atoms with Gasteiger partial charge in [0.05, 0.1) is 34.4 Å². The highest BCUT2D eigenvalue weighted by atomic mass is 31.2. The van der Waals surface area contributed by atoms with E-state index in [1.54, 1.807) is 0 Å². The van der Waals surface area contributed by atoms with Gasteiger partial charge in [-0.2, -0.15) is 0 Å². The second kappa shape index (κ2) is 50.3. The molecule has 8 nitrogen and oxygen atoms in total. The van der Waals surface area contributed by atoms with Crippen molar-refractivity contribution in [2.45, 2.75) is 238 Å². The van der Waals surface area contributed by atoms with Crippen molar-refractivity contribution in [1.82, 2.24) is 0 Å². The van der Waals surface area contributed by atoms with E-state index in [4.69, 9.17) is 18.5 Å². The lowest BCUT2D eigenvalue weighted by Crippen LogP contribution is -2.37. The van der Waals surface area contributed by atoms with Gasteiger partial charge >= 0.3 is 5.97 Å². The quantitative estimate of drug-likeness (QED) is 0.0197. The molecule has 2 unspecified atom stereocenters. The molecule has 0 fully saturated rings. The monoisotopic (exact) mass is 960 g/mol. The molecule has 0 aliphatic carbocycles. The van der Waals surface area contributed by atoms with Crippen LogP contribution in [0, 0.1) is 0 Å². The summed E-state index contributed by atoms with van der Waals surface area (Å²) in [5.41, 5.74) is 0. The number of phosphoric ester groups is 1. The average molecular weight is 960 g/mol. The molecule has 390 valence electrons.